The first kappa shape index (κ1) is 43.4. The molecule has 0 aromatic carbocycles. The molecule has 0 rings (SSSR count). The fourth-order valence-corrected chi connectivity index (χ4v) is 8.51. The fourth-order valence-electron chi connectivity index (χ4n) is 6.49. The highest BCUT2D eigenvalue weighted by molar-refractivity contribution is 7.80. The normalized spacial score (nSPS) is 12.0. The van der Waals surface area contributed by atoms with Crippen LogP contribution in [0.5, 0.6) is 0 Å². The van der Waals surface area contributed by atoms with E-state index < -0.39 is 8.80 Å². The van der Waals surface area contributed by atoms with Crippen LogP contribution in [0.25, 0.3) is 0 Å². The van der Waals surface area contributed by atoms with Gasteiger partial charge in [0.25, 0.3) is 0 Å². The van der Waals surface area contributed by atoms with Gasteiger partial charge in [-0.2, -0.15) is 12.6 Å². The molecule has 0 atom stereocenters. The van der Waals surface area contributed by atoms with Gasteiger partial charge >= 0.3 is 8.80 Å². The number of hydrogen-bond donors (Lipinski definition) is 1. The van der Waals surface area contributed by atoms with Crippen LogP contribution in [0, 0.1) is 0 Å². The quantitative estimate of drug-likeness (QED) is 0.0412. The lowest BCUT2D eigenvalue weighted by Crippen LogP contribution is -2.42. The molecule has 0 N–H and O–H groups in total. The standard InChI is InChI=1S/C38H80O3SSi/c1-39-43(40-2,41-3)38-36-34-32-30-28-26-24-22-20-18-16-14-12-10-8-6-4-5-7-9-11-13-15-17-19-21-23-25-27-29-31-33-35-37-42/h42H,4-38H2,1-3H3. The molecule has 0 bridgehead atoms. The summed E-state index contributed by atoms with van der Waals surface area (Å²) in [4.78, 5) is 0. The molecule has 0 aromatic heterocycles. The first-order chi connectivity index (χ1) is 21.2. The topological polar surface area (TPSA) is 27.7 Å². The van der Waals surface area contributed by atoms with Gasteiger partial charge in [0.05, 0.1) is 0 Å². The van der Waals surface area contributed by atoms with Gasteiger partial charge in [-0.15, -0.1) is 0 Å². The minimum absolute atomic E-state index is 0.940. The van der Waals surface area contributed by atoms with Gasteiger partial charge in [0, 0.05) is 27.4 Å². The first-order valence-corrected chi connectivity index (χ1v) is 22.1. The molecule has 0 aliphatic heterocycles. The maximum atomic E-state index is 5.50. The van der Waals surface area contributed by atoms with E-state index in [2.05, 4.69) is 12.6 Å². The van der Waals surface area contributed by atoms with Crippen LogP contribution in [-0.2, 0) is 13.3 Å². The van der Waals surface area contributed by atoms with E-state index in [9.17, 15) is 0 Å². The van der Waals surface area contributed by atoms with Crippen molar-refractivity contribution in [1.82, 2.24) is 0 Å². The van der Waals surface area contributed by atoms with E-state index in [0.29, 0.717) is 0 Å². The predicted molar refractivity (Wildman–Crippen MR) is 198 cm³/mol. The van der Waals surface area contributed by atoms with Crippen molar-refractivity contribution in [3.63, 3.8) is 0 Å². The predicted octanol–water partition coefficient (Wildman–Crippen LogP) is 13.7. The SMILES string of the molecule is CO[Si](CCCCCCCCCCCCCCCCCCCCCCCCCCCCCCCCCCCS)(OC)OC. The second kappa shape index (κ2) is 36.9. The minimum Gasteiger partial charge on any atom is -0.377 e. The molecule has 0 fully saturated rings. The Morgan fingerprint density at radius 3 is 0.605 bits per heavy atom. The summed E-state index contributed by atoms with van der Waals surface area (Å²) in [5.41, 5.74) is 0. The molecule has 0 saturated heterocycles. The zero-order valence-electron chi connectivity index (χ0n) is 29.9. The Hall–Kier alpha value is 0.447. The maximum Gasteiger partial charge on any atom is 0.500 e. The van der Waals surface area contributed by atoms with Crippen molar-refractivity contribution in [2.45, 2.75) is 218 Å². The number of rotatable bonds is 38. The highest BCUT2D eigenvalue weighted by atomic mass is 32.1. The third-order valence-electron chi connectivity index (χ3n) is 9.57. The largest absolute Gasteiger partial charge is 0.500 e. The zero-order valence-corrected chi connectivity index (χ0v) is 31.8. The average Bonchev–Trinajstić information content (AvgIpc) is 3.03. The third-order valence-corrected chi connectivity index (χ3v) is 12.7. The van der Waals surface area contributed by atoms with Gasteiger partial charge in [-0.05, 0) is 18.6 Å². The molecule has 0 aliphatic carbocycles. The van der Waals surface area contributed by atoms with Crippen molar-refractivity contribution in [2.75, 3.05) is 27.1 Å². The summed E-state index contributed by atoms with van der Waals surface area (Å²) < 4.78 is 16.5. The van der Waals surface area contributed by atoms with Gasteiger partial charge < -0.3 is 13.3 Å². The number of hydrogen-bond acceptors (Lipinski definition) is 4. The van der Waals surface area contributed by atoms with Gasteiger partial charge in [-0.3, -0.25) is 0 Å². The molecule has 0 spiro atoms. The van der Waals surface area contributed by atoms with Crippen LogP contribution < -0.4 is 0 Å². The number of thiol groups is 1. The Labute approximate surface area is 278 Å². The van der Waals surface area contributed by atoms with Gasteiger partial charge in [0.1, 0.15) is 0 Å². The van der Waals surface area contributed by atoms with Crippen molar-refractivity contribution in [1.29, 1.82) is 0 Å². The number of unbranched alkanes of at least 4 members (excludes halogenated alkanes) is 32. The Kier molecular flexibility index (Phi) is 37.3. The van der Waals surface area contributed by atoms with Gasteiger partial charge in [-0.25, -0.2) is 0 Å². The van der Waals surface area contributed by atoms with Crippen LogP contribution >= 0.6 is 12.6 Å². The molecular formula is C38H80O3SSi. The fraction of sp³-hybridized carbons (Fsp3) is 1.00. The maximum absolute atomic E-state index is 5.50. The first-order valence-electron chi connectivity index (χ1n) is 19.5. The molecule has 0 amide bonds. The van der Waals surface area contributed by atoms with Gasteiger partial charge in [0.15, 0.2) is 0 Å². The summed E-state index contributed by atoms with van der Waals surface area (Å²) in [7, 11) is 2.79. The second-order valence-electron chi connectivity index (χ2n) is 13.4. The molecule has 0 saturated carbocycles. The van der Waals surface area contributed by atoms with E-state index in [1.54, 1.807) is 21.3 Å². The Balaban J connectivity index is 3.12. The van der Waals surface area contributed by atoms with Gasteiger partial charge in [-0.1, -0.05) is 199 Å². The summed E-state index contributed by atoms with van der Waals surface area (Å²) in [6.45, 7) is 0. The summed E-state index contributed by atoms with van der Waals surface area (Å²) in [6.07, 6.45) is 47.3. The molecular weight excluding hydrogens is 565 g/mol. The van der Waals surface area contributed by atoms with E-state index in [-0.39, 0.29) is 0 Å². The molecule has 0 heterocycles. The Morgan fingerprint density at radius 2 is 0.442 bits per heavy atom. The van der Waals surface area contributed by atoms with E-state index in [4.69, 9.17) is 13.3 Å². The zero-order chi connectivity index (χ0) is 31.4. The van der Waals surface area contributed by atoms with Crippen molar-refractivity contribution < 1.29 is 13.3 Å². The lowest BCUT2D eigenvalue weighted by atomic mass is 10.0. The van der Waals surface area contributed by atoms with Crippen LogP contribution in [0.1, 0.15) is 212 Å². The van der Waals surface area contributed by atoms with E-state index in [1.165, 1.54) is 205 Å². The van der Waals surface area contributed by atoms with Crippen molar-refractivity contribution in [3.8, 4) is 0 Å². The highest BCUT2D eigenvalue weighted by Crippen LogP contribution is 2.19. The van der Waals surface area contributed by atoms with Crippen molar-refractivity contribution >= 4 is 21.4 Å². The van der Waals surface area contributed by atoms with Crippen molar-refractivity contribution in [3.05, 3.63) is 0 Å². The van der Waals surface area contributed by atoms with Crippen molar-refractivity contribution in [2.24, 2.45) is 0 Å². The second-order valence-corrected chi connectivity index (χ2v) is 17.0. The molecule has 0 aliphatic rings. The smallest absolute Gasteiger partial charge is 0.377 e. The van der Waals surface area contributed by atoms with Crippen LogP contribution in [0.4, 0.5) is 0 Å². The molecule has 0 radical (unpaired) electrons. The lowest BCUT2D eigenvalue weighted by molar-refractivity contribution is 0.122. The molecule has 0 unspecified atom stereocenters. The summed E-state index contributed by atoms with van der Waals surface area (Å²) in [5.74, 6) is 1.06. The summed E-state index contributed by atoms with van der Waals surface area (Å²) >= 11 is 4.29. The molecule has 0 aromatic rings. The van der Waals surface area contributed by atoms with E-state index in [0.717, 1.165) is 18.2 Å². The lowest BCUT2D eigenvalue weighted by Gasteiger charge is -2.24. The Morgan fingerprint density at radius 1 is 0.279 bits per heavy atom. The summed E-state index contributed by atoms with van der Waals surface area (Å²) in [6, 6.07) is 0.940. The van der Waals surface area contributed by atoms with Crippen LogP contribution in [0.15, 0.2) is 0 Å². The Bertz CT molecular complexity index is 495. The monoisotopic (exact) mass is 645 g/mol. The van der Waals surface area contributed by atoms with E-state index in [1.807, 2.05) is 0 Å². The molecule has 3 nitrogen and oxygen atoms in total. The molecule has 260 valence electrons. The van der Waals surface area contributed by atoms with E-state index >= 15 is 0 Å². The molecule has 43 heavy (non-hydrogen) atoms. The highest BCUT2D eigenvalue weighted by Gasteiger charge is 2.36. The minimum atomic E-state index is -2.34. The molecule has 5 heteroatoms. The van der Waals surface area contributed by atoms with Crippen LogP contribution in [-0.4, -0.2) is 35.9 Å². The third kappa shape index (κ3) is 32.2. The van der Waals surface area contributed by atoms with Gasteiger partial charge in [0.2, 0.25) is 0 Å². The average molecular weight is 645 g/mol. The van der Waals surface area contributed by atoms with Crippen LogP contribution in [0.2, 0.25) is 6.04 Å². The van der Waals surface area contributed by atoms with Crippen LogP contribution in [0.3, 0.4) is 0 Å². The summed E-state index contributed by atoms with van der Waals surface area (Å²) in [5, 5.41) is 0.